The lowest BCUT2D eigenvalue weighted by molar-refractivity contribution is 0.173. The Morgan fingerprint density at radius 3 is 2.59 bits per heavy atom. The third kappa shape index (κ3) is 3.28. The largest absolute Gasteiger partial charge is 0.388 e. The average Bonchev–Trinajstić information content (AvgIpc) is 2.75. The molecule has 0 saturated heterocycles. The Morgan fingerprint density at radius 1 is 1.35 bits per heavy atom. The van der Waals surface area contributed by atoms with E-state index in [4.69, 9.17) is 0 Å². The fourth-order valence-corrected chi connectivity index (χ4v) is 3.04. The molecule has 0 saturated carbocycles. The molecule has 3 nitrogen and oxygen atoms in total. The first-order valence-corrected chi connectivity index (χ1v) is 7.04. The van der Waals surface area contributed by atoms with Crippen molar-refractivity contribution in [2.24, 2.45) is 0 Å². The van der Waals surface area contributed by atoms with Gasteiger partial charge in [-0.2, -0.15) is 4.37 Å². The second-order valence-electron chi connectivity index (χ2n) is 3.70. The van der Waals surface area contributed by atoms with Gasteiger partial charge in [0, 0.05) is 4.90 Å². The predicted molar refractivity (Wildman–Crippen MR) is 70.5 cm³/mol. The minimum absolute atomic E-state index is 0.363. The van der Waals surface area contributed by atoms with Crippen LogP contribution >= 0.6 is 23.3 Å². The first-order valence-electron chi connectivity index (χ1n) is 5.45. The molecule has 2 rings (SSSR count). The van der Waals surface area contributed by atoms with Crippen LogP contribution in [0.1, 0.15) is 30.8 Å². The van der Waals surface area contributed by atoms with Crippen molar-refractivity contribution in [1.29, 1.82) is 0 Å². The Bertz CT molecular complexity index is 482. The Kier molecular flexibility index (Phi) is 4.15. The molecule has 0 aliphatic heterocycles. The van der Waals surface area contributed by atoms with Crippen LogP contribution in [0.3, 0.4) is 0 Å². The smallest absolute Gasteiger partial charge is 0.174 e. The van der Waals surface area contributed by atoms with Crippen molar-refractivity contribution >= 4 is 23.3 Å². The van der Waals surface area contributed by atoms with Gasteiger partial charge in [-0.25, -0.2) is 4.98 Å². The van der Waals surface area contributed by atoms with Gasteiger partial charge in [-0.05, 0) is 42.6 Å². The molecule has 0 aliphatic rings. The maximum absolute atomic E-state index is 9.69. The summed E-state index contributed by atoms with van der Waals surface area (Å²) in [6.07, 6.45) is 0.375. The summed E-state index contributed by atoms with van der Waals surface area (Å²) in [5, 5.41) is 9.69. The van der Waals surface area contributed by atoms with E-state index in [2.05, 4.69) is 9.36 Å². The Balaban J connectivity index is 2.08. The van der Waals surface area contributed by atoms with Crippen LogP contribution < -0.4 is 0 Å². The first-order chi connectivity index (χ1) is 8.19. The van der Waals surface area contributed by atoms with Crippen LogP contribution in [-0.4, -0.2) is 14.5 Å². The number of benzene rings is 1. The molecular weight excluding hydrogens is 252 g/mol. The SMILES string of the molecule is CC[C@H](O)c1ccc(Sc2nc(C)ns2)cc1. The average molecular weight is 266 g/mol. The minimum atomic E-state index is -0.363. The molecule has 0 radical (unpaired) electrons. The van der Waals surface area contributed by atoms with Crippen molar-refractivity contribution in [3.05, 3.63) is 35.7 Å². The molecule has 90 valence electrons. The summed E-state index contributed by atoms with van der Waals surface area (Å²) in [5.41, 5.74) is 0.963. The lowest BCUT2D eigenvalue weighted by atomic mass is 10.1. The fraction of sp³-hybridized carbons (Fsp3) is 0.333. The molecule has 0 bridgehead atoms. The molecule has 1 N–H and O–H groups in total. The van der Waals surface area contributed by atoms with Gasteiger partial charge in [-0.1, -0.05) is 30.8 Å². The third-order valence-electron chi connectivity index (χ3n) is 2.37. The van der Waals surface area contributed by atoms with Gasteiger partial charge >= 0.3 is 0 Å². The summed E-state index contributed by atoms with van der Waals surface area (Å²) < 4.78 is 5.09. The maximum Gasteiger partial charge on any atom is 0.174 e. The van der Waals surface area contributed by atoms with Gasteiger partial charge in [0.05, 0.1) is 6.10 Å². The van der Waals surface area contributed by atoms with Crippen LogP contribution in [0.5, 0.6) is 0 Å². The van der Waals surface area contributed by atoms with E-state index in [0.717, 1.165) is 27.0 Å². The normalized spacial score (nSPS) is 12.6. The van der Waals surface area contributed by atoms with Gasteiger partial charge in [0.1, 0.15) is 5.82 Å². The van der Waals surface area contributed by atoms with Gasteiger partial charge in [-0.3, -0.25) is 0 Å². The fourth-order valence-electron chi connectivity index (χ4n) is 1.41. The summed E-state index contributed by atoms with van der Waals surface area (Å²) in [6, 6.07) is 7.94. The lowest BCUT2D eigenvalue weighted by Crippen LogP contribution is -1.93. The maximum atomic E-state index is 9.69. The van der Waals surface area contributed by atoms with Gasteiger partial charge in [0.25, 0.3) is 0 Å². The Morgan fingerprint density at radius 2 is 2.06 bits per heavy atom. The second kappa shape index (κ2) is 5.62. The molecule has 1 heterocycles. The van der Waals surface area contributed by atoms with E-state index in [1.165, 1.54) is 11.5 Å². The highest BCUT2D eigenvalue weighted by molar-refractivity contribution is 8.01. The van der Waals surface area contributed by atoms with E-state index in [0.29, 0.717) is 0 Å². The molecule has 1 atom stereocenters. The van der Waals surface area contributed by atoms with Crippen LogP contribution in [0.4, 0.5) is 0 Å². The van der Waals surface area contributed by atoms with E-state index in [1.807, 2.05) is 38.1 Å². The van der Waals surface area contributed by atoms with Crippen LogP contribution in [0.25, 0.3) is 0 Å². The van der Waals surface area contributed by atoms with Crippen molar-refractivity contribution in [1.82, 2.24) is 9.36 Å². The number of hydrogen-bond acceptors (Lipinski definition) is 5. The van der Waals surface area contributed by atoms with E-state index < -0.39 is 0 Å². The van der Waals surface area contributed by atoms with Crippen molar-refractivity contribution < 1.29 is 5.11 Å². The Labute approximate surface area is 109 Å². The molecule has 0 unspecified atom stereocenters. The molecule has 2 aromatic rings. The summed E-state index contributed by atoms with van der Waals surface area (Å²) in [7, 11) is 0. The lowest BCUT2D eigenvalue weighted by Gasteiger charge is -2.07. The second-order valence-corrected chi connectivity index (χ2v) is 5.78. The molecule has 1 aromatic carbocycles. The van der Waals surface area contributed by atoms with Crippen molar-refractivity contribution in [2.45, 2.75) is 35.6 Å². The zero-order chi connectivity index (χ0) is 12.3. The highest BCUT2D eigenvalue weighted by Gasteiger charge is 2.06. The Hall–Kier alpha value is -0.910. The van der Waals surface area contributed by atoms with E-state index in [-0.39, 0.29) is 6.10 Å². The molecular formula is C12H14N2OS2. The van der Waals surface area contributed by atoms with E-state index >= 15 is 0 Å². The number of nitrogens with zero attached hydrogens (tertiary/aromatic N) is 2. The topological polar surface area (TPSA) is 46.0 Å². The summed E-state index contributed by atoms with van der Waals surface area (Å²) in [4.78, 5) is 5.42. The molecule has 0 aliphatic carbocycles. The number of aromatic nitrogens is 2. The zero-order valence-electron chi connectivity index (χ0n) is 9.75. The molecule has 0 fully saturated rings. The predicted octanol–water partition coefficient (Wildman–Crippen LogP) is 3.44. The summed E-state index contributed by atoms with van der Waals surface area (Å²) in [5.74, 6) is 0.815. The first kappa shape index (κ1) is 12.5. The van der Waals surface area contributed by atoms with E-state index in [1.54, 1.807) is 11.8 Å². The molecule has 0 spiro atoms. The van der Waals surface area contributed by atoms with Crippen LogP contribution in [-0.2, 0) is 0 Å². The quantitative estimate of drug-likeness (QED) is 0.920. The molecule has 17 heavy (non-hydrogen) atoms. The summed E-state index contributed by atoms with van der Waals surface area (Å²) in [6.45, 7) is 3.86. The number of aliphatic hydroxyl groups is 1. The van der Waals surface area contributed by atoms with Gasteiger partial charge in [0.15, 0.2) is 4.34 Å². The highest BCUT2D eigenvalue weighted by atomic mass is 32.2. The number of rotatable bonds is 4. The highest BCUT2D eigenvalue weighted by Crippen LogP contribution is 2.29. The van der Waals surface area contributed by atoms with Gasteiger partial charge < -0.3 is 5.11 Å². The summed E-state index contributed by atoms with van der Waals surface area (Å²) >= 11 is 3.01. The standard InChI is InChI=1S/C12H14N2OS2/c1-3-11(15)9-4-6-10(7-5-9)16-12-13-8(2)14-17-12/h4-7,11,15H,3H2,1-2H3/t11-/m0/s1. The number of hydrogen-bond donors (Lipinski definition) is 1. The number of aliphatic hydroxyl groups excluding tert-OH is 1. The van der Waals surface area contributed by atoms with E-state index in [9.17, 15) is 5.11 Å². The van der Waals surface area contributed by atoms with Crippen LogP contribution in [0.2, 0.25) is 0 Å². The molecule has 1 aromatic heterocycles. The van der Waals surface area contributed by atoms with Crippen molar-refractivity contribution in [2.75, 3.05) is 0 Å². The molecule has 0 amide bonds. The van der Waals surface area contributed by atoms with Crippen molar-refractivity contribution in [3.8, 4) is 0 Å². The van der Waals surface area contributed by atoms with Crippen molar-refractivity contribution in [3.63, 3.8) is 0 Å². The third-order valence-corrected chi connectivity index (χ3v) is 4.22. The molecule has 5 heteroatoms. The van der Waals surface area contributed by atoms with Crippen LogP contribution in [0.15, 0.2) is 33.5 Å². The van der Waals surface area contributed by atoms with Gasteiger partial charge in [-0.15, -0.1) is 0 Å². The minimum Gasteiger partial charge on any atom is -0.388 e. The zero-order valence-corrected chi connectivity index (χ0v) is 11.4. The van der Waals surface area contributed by atoms with Crippen LogP contribution in [0, 0.1) is 6.92 Å². The van der Waals surface area contributed by atoms with Gasteiger partial charge in [0.2, 0.25) is 0 Å². The monoisotopic (exact) mass is 266 g/mol. The number of aryl methyl sites for hydroxylation is 1.